The first kappa shape index (κ1) is 17.2. The van der Waals surface area contributed by atoms with Crippen molar-refractivity contribution >= 4 is 17.6 Å². The summed E-state index contributed by atoms with van der Waals surface area (Å²) in [7, 11) is 1.68. The number of aliphatic carboxylic acids is 2. The Morgan fingerprint density at radius 1 is 1.39 bits per heavy atom. The Labute approximate surface area is 134 Å². The van der Waals surface area contributed by atoms with Gasteiger partial charge < -0.3 is 15.1 Å². The molecule has 1 unspecified atom stereocenters. The number of benzene rings is 1. The second-order valence-electron chi connectivity index (χ2n) is 5.98. The summed E-state index contributed by atoms with van der Waals surface area (Å²) in [6.07, 6.45) is 1.31. The van der Waals surface area contributed by atoms with Crippen LogP contribution in [-0.4, -0.2) is 53.7 Å². The normalized spacial score (nSPS) is 18.2. The van der Waals surface area contributed by atoms with Gasteiger partial charge in [-0.2, -0.15) is 0 Å². The van der Waals surface area contributed by atoms with Crippen molar-refractivity contribution in [3.05, 3.63) is 29.6 Å². The maximum Gasteiger partial charge on any atom is 0.317 e. The van der Waals surface area contributed by atoms with Crippen LogP contribution in [0, 0.1) is 11.7 Å². The summed E-state index contributed by atoms with van der Waals surface area (Å²) in [5.74, 6) is -2.65. The average Bonchev–Trinajstić information content (AvgIpc) is 2.48. The summed E-state index contributed by atoms with van der Waals surface area (Å²) in [5, 5.41) is 17.9. The highest BCUT2D eigenvalue weighted by atomic mass is 19.1. The molecule has 2 N–H and O–H groups in total. The molecule has 7 heteroatoms. The van der Waals surface area contributed by atoms with Crippen molar-refractivity contribution in [1.29, 1.82) is 0 Å². The molecule has 0 spiro atoms. The number of likely N-dealkylation sites (N-methyl/N-ethyl adjacent to an activating group) is 1. The van der Waals surface area contributed by atoms with Crippen LogP contribution in [-0.2, 0) is 16.1 Å². The van der Waals surface area contributed by atoms with Crippen LogP contribution < -0.4 is 4.90 Å². The number of rotatable bonds is 6. The second kappa shape index (κ2) is 7.41. The number of halogens is 1. The highest BCUT2D eigenvalue weighted by Gasteiger charge is 2.27. The molecule has 126 valence electrons. The first-order chi connectivity index (χ1) is 10.9. The summed E-state index contributed by atoms with van der Waals surface area (Å²) < 4.78 is 14.1. The van der Waals surface area contributed by atoms with Crippen LogP contribution in [0.25, 0.3) is 0 Å². The fourth-order valence-electron chi connectivity index (χ4n) is 2.89. The van der Waals surface area contributed by atoms with E-state index in [1.807, 2.05) is 0 Å². The standard InChI is InChI=1S/C16H21FN2O4/c1-18(10-15(20)21)8-11-4-5-13(17)14(7-11)19-6-2-3-12(9-19)16(22)23/h4-5,7,12H,2-3,6,8-10H2,1H3,(H,20,21)(H,22,23). The molecule has 0 amide bonds. The first-order valence-corrected chi connectivity index (χ1v) is 7.53. The minimum absolute atomic E-state index is 0.0997. The number of carboxylic acid groups (broad SMARTS) is 2. The van der Waals surface area contributed by atoms with Gasteiger partial charge in [-0.3, -0.25) is 14.5 Å². The Hall–Kier alpha value is -2.15. The van der Waals surface area contributed by atoms with E-state index in [-0.39, 0.29) is 12.4 Å². The monoisotopic (exact) mass is 324 g/mol. The van der Waals surface area contributed by atoms with E-state index in [1.165, 1.54) is 6.07 Å². The van der Waals surface area contributed by atoms with Crippen LogP contribution in [0.1, 0.15) is 18.4 Å². The minimum atomic E-state index is -0.921. The molecule has 23 heavy (non-hydrogen) atoms. The van der Waals surface area contributed by atoms with E-state index >= 15 is 0 Å². The molecule has 0 radical (unpaired) electrons. The van der Waals surface area contributed by atoms with Gasteiger partial charge in [0.25, 0.3) is 0 Å². The van der Waals surface area contributed by atoms with Gasteiger partial charge in [0.05, 0.1) is 18.2 Å². The van der Waals surface area contributed by atoms with Gasteiger partial charge in [-0.15, -0.1) is 0 Å². The van der Waals surface area contributed by atoms with Crippen LogP contribution in [0.5, 0.6) is 0 Å². The van der Waals surface area contributed by atoms with Crippen LogP contribution in [0.3, 0.4) is 0 Å². The largest absolute Gasteiger partial charge is 0.481 e. The van der Waals surface area contributed by atoms with Crippen molar-refractivity contribution in [2.75, 3.05) is 31.6 Å². The molecule has 1 aromatic rings. The maximum atomic E-state index is 14.1. The molecule has 1 heterocycles. The van der Waals surface area contributed by atoms with E-state index in [0.29, 0.717) is 38.2 Å². The van der Waals surface area contributed by atoms with Gasteiger partial charge in [-0.1, -0.05) is 6.07 Å². The Morgan fingerprint density at radius 3 is 2.78 bits per heavy atom. The van der Waals surface area contributed by atoms with Crippen molar-refractivity contribution < 1.29 is 24.2 Å². The number of carbonyl (C=O) groups is 2. The van der Waals surface area contributed by atoms with E-state index in [9.17, 15) is 14.0 Å². The third-order valence-corrected chi connectivity index (χ3v) is 3.98. The minimum Gasteiger partial charge on any atom is -0.481 e. The lowest BCUT2D eigenvalue weighted by Crippen LogP contribution is -2.39. The van der Waals surface area contributed by atoms with Crippen LogP contribution in [0.4, 0.5) is 10.1 Å². The molecule has 0 aromatic heterocycles. The number of carboxylic acids is 2. The average molecular weight is 324 g/mol. The summed E-state index contributed by atoms with van der Waals surface area (Å²) in [6.45, 7) is 1.20. The highest BCUT2D eigenvalue weighted by Crippen LogP contribution is 2.27. The molecule has 0 aliphatic carbocycles. The van der Waals surface area contributed by atoms with Crippen molar-refractivity contribution in [3.63, 3.8) is 0 Å². The van der Waals surface area contributed by atoms with E-state index < -0.39 is 17.9 Å². The fourth-order valence-corrected chi connectivity index (χ4v) is 2.89. The topological polar surface area (TPSA) is 81.1 Å². The molecular formula is C16H21FN2O4. The fraction of sp³-hybridized carbons (Fsp3) is 0.500. The molecule has 0 bridgehead atoms. The smallest absolute Gasteiger partial charge is 0.317 e. The van der Waals surface area contributed by atoms with Crippen molar-refractivity contribution in [2.24, 2.45) is 5.92 Å². The molecule has 1 fully saturated rings. The molecule has 6 nitrogen and oxygen atoms in total. The summed E-state index contributed by atoms with van der Waals surface area (Å²) in [4.78, 5) is 25.2. The lowest BCUT2D eigenvalue weighted by atomic mass is 9.97. The molecule has 1 aromatic carbocycles. The lowest BCUT2D eigenvalue weighted by molar-refractivity contribution is -0.142. The molecule has 0 saturated carbocycles. The van der Waals surface area contributed by atoms with Crippen molar-refractivity contribution in [3.8, 4) is 0 Å². The zero-order valence-corrected chi connectivity index (χ0v) is 13.0. The maximum absolute atomic E-state index is 14.1. The first-order valence-electron chi connectivity index (χ1n) is 7.53. The third kappa shape index (κ3) is 4.66. The summed E-state index contributed by atoms with van der Waals surface area (Å²) in [6, 6.07) is 4.65. The van der Waals surface area contributed by atoms with Crippen LogP contribution >= 0.6 is 0 Å². The zero-order chi connectivity index (χ0) is 17.0. The number of hydrogen-bond donors (Lipinski definition) is 2. The van der Waals surface area contributed by atoms with Gasteiger partial charge in [0.2, 0.25) is 0 Å². The van der Waals surface area contributed by atoms with E-state index in [1.54, 1.807) is 29.0 Å². The lowest BCUT2D eigenvalue weighted by Gasteiger charge is -2.33. The zero-order valence-electron chi connectivity index (χ0n) is 13.0. The van der Waals surface area contributed by atoms with Gasteiger partial charge in [0.1, 0.15) is 5.82 Å². The number of piperidine rings is 1. The molecule has 1 atom stereocenters. The molecule has 1 saturated heterocycles. The van der Waals surface area contributed by atoms with E-state index in [2.05, 4.69) is 0 Å². The quantitative estimate of drug-likeness (QED) is 0.828. The Morgan fingerprint density at radius 2 is 2.13 bits per heavy atom. The Balaban J connectivity index is 2.13. The van der Waals surface area contributed by atoms with Crippen molar-refractivity contribution in [1.82, 2.24) is 4.90 Å². The SMILES string of the molecule is CN(CC(=O)O)Cc1ccc(F)c(N2CCCC(C(=O)O)C2)c1. The Bertz CT molecular complexity index is 593. The van der Waals surface area contributed by atoms with E-state index in [0.717, 1.165) is 5.56 Å². The second-order valence-corrected chi connectivity index (χ2v) is 5.98. The van der Waals surface area contributed by atoms with Crippen molar-refractivity contribution in [2.45, 2.75) is 19.4 Å². The van der Waals surface area contributed by atoms with Crippen LogP contribution in [0.15, 0.2) is 18.2 Å². The number of nitrogens with zero attached hydrogens (tertiary/aromatic N) is 2. The molecule has 1 aliphatic rings. The van der Waals surface area contributed by atoms with Gasteiger partial charge in [-0.25, -0.2) is 4.39 Å². The Kier molecular flexibility index (Phi) is 5.54. The molecular weight excluding hydrogens is 303 g/mol. The van der Waals surface area contributed by atoms with E-state index in [4.69, 9.17) is 10.2 Å². The third-order valence-electron chi connectivity index (χ3n) is 3.98. The molecule has 2 rings (SSSR count). The summed E-state index contributed by atoms with van der Waals surface area (Å²) >= 11 is 0. The molecule has 1 aliphatic heterocycles. The van der Waals surface area contributed by atoms with Crippen LogP contribution in [0.2, 0.25) is 0 Å². The number of hydrogen-bond acceptors (Lipinski definition) is 4. The van der Waals surface area contributed by atoms with Gasteiger partial charge in [-0.05, 0) is 37.6 Å². The predicted octanol–water partition coefficient (Wildman–Crippen LogP) is 1.64. The summed E-state index contributed by atoms with van der Waals surface area (Å²) in [5.41, 5.74) is 1.18. The number of anilines is 1. The van der Waals surface area contributed by atoms with Gasteiger partial charge >= 0.3 is 11.9 Å². The van der Waals surface area contributed by atoms with Gasteiger partial charge in [0.15, 0.2) is 0 Å². The van der Waals surface area contributed by atoms with Gasteiger partial charge in [0, 0.05) is 19.6 Å². The highest BCUT2D eigenvalue weighted by molar-refractivity contribution is 5.71. The predicted molar refractivity (Wildman–Crippen MR) is 82.9 cm³/mol.